The van der Waals surface area contributed by atoms with Crippen molar-refractivity contribution in [3.05, 3.63) is 72.3 Å². The van der Waals surface area contributed by atoms with Crippen molar-refractivity contribution in [3.63, 3.8) is 0 Å². The number of benzene rings is 1. The van der Waals surface area contributed by atoms with Gasteiger partial charge in [-0.2, -0.15) is 0 Å². The third-order valence-corrected chi connectivity index (χ3v) is 4.86. The molecule has 3 heterocycles. The molecule has 1 fully saturated rings. The lowest BCUT2D eigenvalue weighted by atomic mass is 10.2. The molecule has 5 heteroatoms. The summed E-state index contributed by atoms with van der Waals surface area (Å²) in [7, 11) is 2.08. The lowest BCUT2D eigenvalue weighted by molar-refractivity contribution is 0.228. The lowest BCUT2D eigenvalue weighted by Crippen LogP contribution is -2.26. The van der Waals surface area contributed by atoms with Crippen molar-refractivity contribution in [1.29, 1.82) is 0 Å². The van der Waals surface area contributed by atoms with E-state index >= 15 is 0 Å². The van der Waals surface area contributed by atoms with Crippen molar-refractivity contribution < 1.29 is 0 Å². The second-order valence-corrected chi connectivity index (χ2v) is 6.48. The van der Waals surface area contributed by atoms with E-state index in [2.05, 4.69) is 67.6 Å². The summed E-state index contributed by atoms with van der Waals surface area (Å²) in [6.07, 6.45) is 10.3. The molecule has 1 aromatic carbocycles. The van der Waals surface area contributed by atoms with Crippen LogP contribution < -0.4 is 0 Å². The van der Waals surface area contributed by atoms with Crippen LogP contribution in [-0.2, 0) is 20.1 Å². The maximum Gasteiger partial charge on any atom is 0.125 e. The average molecular weight is 321 g/mol. The smallest absolute Gasteiger partial charge is 0.125 e. The minimum Gasteiger partial charge on any atom is -0.337 e. The van der Waals surface area contributed by atoms with E-state index in [1.54, 1.807) is 0 Å². The zero-order valence-corrected chi connectivity index (χ0v) is 14.0. The molecule has 0 saturated carbocycles. The van der Waals surface area contributed by atoms with Gasteiger partial charge in [-0.25, -0.2) is 9.97 Å². The first-order valence-corrected chi connectivity index (χ1v) is 8.56. The molecule has 0 spiro atoms. The minimum atomic E-state index is 0.395. The fraction of sp³-hybridized carbons (Fsp3) is 0.368. The SMILES string of the molecule is Cn1ccnc1C1CCCN1Cc1nccn1Cc1ccccc1. The molecule has 1 aliphatic rings. The highest BCUT2D eigenvalue weighted by Crippen LogP contribution is 2.31. The molecule has 4 rings (SSSR count). The number of aromatic nitrogens is 4. The number of hydrogen-bond acceptors (Lipinski definition) is 3. The second kappa shape index (κ2) is 6.61. The van der Waals surface area contributed by atoms with Crippen molar-refractivity contribution in [1.82, 2.24) is 24.0 Å². The first-order chi connectivity index (χ1) is 11.8. The zero-order valence-electron chi connectivity index (χ0n) is 14.0. The maximum absolute atomic E-state index is 4.61. The van der Waals surface area contributed by atoms with Crippen molar-refractivity contribution in [2.24, 2.45) is 7.05 Å². The molecule has 1 atom stereocenters. The normalized spacial score (nSPS) is 18.3. The largest absolute Gasteiger partial charge is 0.337 e. The predicted octanol–water partition coefficient (Wildman–Crippen LogP) is 3.00. The molecule has 24 heavy (non-hydrogen) atoms. The van der Waals surface area contributed by atoms with Gasteiger partial charge >= 0.3 is 0 Å². The fourth-order valence-corrected chi connectivity index (χ4v) is 3.60. The van der Waals surface area contributed by atoms with Gasteiger partial charge in [-0.05, 0) is 24.9 Å². The Kier molecular flexibility index (Phi) is 4.17. The van der Waals surface area contributed by atoms with Gasteiger partial charge in [0.1, 0.15) is 11.6 Å². The van der Waals surface area contributed by atoms with Crippen molar-refractivity contribution in [3.8, 4) is 0 Å². The Bertz CT molecular complexity index is 789. The molecule has 3 aromatic rings. The summed E-state index contributed by atoms with van der Waals surface area (Å²) < 4.78 is 4.39. The van der Waals surface area contributed by atoms with Gasteiger partial charge in [-0.15, -0.1) is 0 Å². The maximum atomic E-state index is 4.61. The first kappa shape index (κ1) is 15.1. The van der Waals surface area contributed by atoms with Crippen LogP contribution >= 0.6 is 0 Å². The molecule has 1 unspecified atom stereocenters. The van der Waals surface area contributed by atoms with E-state index < -0.39 is 0 Å². The van der Waals surface area contributed by atoms with Gasteiger partial charge in [0.15, 0.2) is 0 Å². The van der Waals surface area contributed by atoms with Crippen LogP contribution in [0.5, 0.6) is 0 Å². The van der Waals surface area contributed by atoms with Gasteiger partial charge in [-0.1, -0.05) is 30.3 Å². The Morgan fingerprint density at radius 3 is 2.67 bits per heavy atom. The molecular weight excluding hydrogens is 298 g/mol. The van der Waals surface area contributed by atoms with Crippen LogP contribution in [0.4, 0.5) is 0 Å². The number of imidazole rings is 2. The summed E-state index contributed by atoms with van der Waals surface area (Å²) in [5.74, 6) is 2.29. The van der Waals surface area contributed by atoms with Crippen LogP contribution in [0.1, 0.15) is 36.1 Å². The molecule has 0 aliphatic carbocycles. The van der Waals surface area contributed by atoms with E-state index in [1.807, 2.05) is 18.6 Å². The number of rotatable bonds is 5. The molecular formula is C19H23N5. The quantitative estimate of drug-likeness (QED) is 0.725. The van der Waals surface area contributed by atoms with Gasteiger partial charge in [0.2, 0.25) is 0 Å². The third kappa shape index (κ3) is 2.99. The van der Waals surface area contributed by atoms with Gasteiger partial charge in [0.25, 0.3) is 0 Å². The lowest BCUT2D eigenvalue weighted by Gasteiger charge is -2.24. The summed E-state index contributed by atoms with van der Waals surface area (Å²) in [6.45, 7) is 2.85. The number of aryl methyl sites for hydroxylation is 1. The van der Waals surface area contributed by atoms with Gasteiger partial charge in [0, 0.05) is 38.4 Å². The van der Waals surface area contributed by atoms with E-state index in [-0.39, 0.29) is 0 Å². The minimum absolute atomic E-state index is 0.395. The number of nitrogens with zero attached hydrogens (tertiary/aromatic N) is 5. The predicted molar refractivity (Wildman–Crippen MR) is 93.4 cm³/mol. The van der Waals surface area contributed by atoms with E-state index in [0.717, 1.165) is 31.3 Å². The molecule has 0 radical (unpaired) electrons. The van der Waals surface area contributed by atoms with Crippen LogP contribution in [0.25, 0.3) is 0 Å². The Hall–Kier alpha value is -2.40. The zero-order chi connectivity index (χ0) is 16.4. The highest BCUT2D eigenvalue weighted by molar-refractivity contribution is 5.16. The molecule has 5 nitrogen and oxygen atoms in total. The Balaban J connectivity index is 1.51. The molecule has 0 bridgehead atoms. The summed E-state index contributed by atoms with van der Waals surface area (Å²) >= 11 is 0. The summed E-state index contributed by atoms with van der Waals surface area (Å²) in [6, 6.07) is 11.0. The van der Waals surface area contributed by atoms with Gasteiger partial charge in [0.05, 0.1) is 12.6 Å². The molecule has 124 valence electrons. The number of hydrogen-bond donors (Lipinski definition) is 0. The number of likely N-dealkylation sites (tertiary alicyclic amines) is 1. The fourth-order valence-electron chi connectivity index (χ4n) is 3.60. The van der Waals surface area contributed by atoms with E-state index in [1.165, 1.54) is 18.4 Å². The summed E-state index contributed by atoms with van der Waals surface area (Å²) in [4.78, 5) is 11.7. The highest BCUT2D eigenvalue weighted by Gasteiger charge is 2.29. The Morgan fingerprint density at radius 1 is 1.04 bits per heavy atom. The van der Waals surface area contributed by atoms with Crippen LogP contribution in [0.15, 0.2) is 55.1 Å². The first-order valence-electron chi connectivity index (χ1n) is 8.56. The van der Waals surface area contributed by atoms with Gasteiger partial charge < -0.3 is 9.13 Å². The molecule has 1 saturated heterocycles. The van der Waals surface area contributed by atoms with Crippen molar-refractivity contribution in [2.75, 3.05) is 6.54 Å². The van der Waals surface area contributed by atoms with Crippen LogP contribution in [0.2, 0.25) is 0 Å². The second-order valence-electron chi connectivity index (χ2n) is 6.48. The molecule has 1 aliphatic heterocycles. The van der Waals surface area contributed by atoms with E-state index in [0.29, 0.717) is 6.04 Å². The monoisotopic (exact) mass is 321 g/mol. The summed E-state index contributed by atoms with van der Waals surface area (Å²) in [5.41, 5.74) is 1.30. The molecule has 0 amide bonds. The molecule has 0 N–H and O–H groups in total. The van der Waals surface area contributed by atoms with Crippen molar-refractivity contribution in [2.45, 2.75) is 32.0 Å². The highest BCUT2D eigenvalue weighted by atomic mass is 15.2. The summed E-state index contributed by atoms with van der Waals surface area (Å²) in [5, 5.41) is 0. The Morgan fingerprint density at radius 2 is 1.88 bits per heavy atom. The van der Waals surface area contributed by atoms with Crippen LogP contribution in [0.3, 0.4) is 0 Å². The van der Waals surface area contributed by atoms with Gasteiger partial charge in [-0.3, -0.25) is 4.90 Å². The van der Waals surface area contributed by atoms with Crippen molar-refractivity contribution >= 4 is 0 Å². The molecule has 2 aromatic heterocycles. The standard InChI is InChI=1S/C19H23N5/c1-22-12-9-21-19(22)17-8-5-11-23(17)15-18-20-10-13-24(18)14-16-6-3-2-4-7-16/h2-4,6-7,9-10,12-13,17H,5,8,11,14-15H2,1H3. The topological polar surface area (TPSA) is 38.9 Å². The van der Waals surface area contributed by atoms with Crippen LogP contribution in [0, 0.1) is 0 Å². The van der Waals surface area contributed by atoms with E-state index in [4.69, 9.17) is 0 Å². The van der Waals surface area contributed by atoms with Crippen LogP contribution in [-0.4, -0.2) is 30.5 Å². The Labute approximate surface area is 142 Å². The van der Waals surface area contributed by atoms with E-state index in [9.17, 15) is 0 Å². The third-order valence-electron chi connectivity index (χ3n) is 4.86. The average Bonchev–Trinajstić information content (AvgIpc) is 3.31.